The Morgan fingerprint density at radius 3 is 2.32 bits per heavy atom. The Balaban J connectivity index is 1.66. The van der Waals surface area contributed by atoms with Gasteiger partial charge in [-0.3, -0.25) is 14.9 Å². The van der Waals surface area contributed by atoms with Gasteiger partial charge in [0.1, 0.15) is 17.5 Å². The molecule has 1 aliphatic rings. The number of hydrogen-bond donors (Lipinski definition) is 1. The lowest BCUT2D eigenvalue weighted by Crippen LogP contribution is -2.50. The standard InChI is InChI=1S/C28H27N3O6/c1-19-3-5-21(6-4-19)17-26-27(32)29(14-13-20-7-10-23(37-2)11-8-20)15-16-30(26)24-12-9-22(28(33)34)18-25(24)31(35)36/h3-12,15-16,18,26H,13-14,17H2,1-2H3,(H,33,34)/t26-/m0/s1. The predicted octanol–water partition coefficient (Wildman–Crippen LogP) is 4.58. The number of carboxylic acid groups (broad SMARTS) is 1. The summed E-state index contributed by atoms with van der Waals surface area (Å²) in [5.74, 6) is -0.712. The number of rotatable bonds is 9. The zero-order valence-electron chi connectivity index (χ0n) is 20.5. The van der Waals surface area contributed by atoms with E-state index < -0.39 is 16.9 Å². The van der Waals surface area contributed by atoms with Crippen LogP contribution in [0.4, 0.5) is 11.4 Å². The molecule has 1 atom stereocenters. The lowest BCUT2D eigenvalue weighted by molar-refractivity contribution is -0.384. The Morgan fingerprint density at radius 1 is 1.03 bits per heavy atom. The average Bonchev–Trinajstić information content (AvgIpc) is 2.90. The third kappa shape index (κ3) is 5.78. The van der Waals surface area contributed by atoms with E-state index in [9.17, 15) is 24.8 Å². The van der Waals surface area contributed by atoms with Gasteiger partial charge in [-0.1, -0.05) is 42.0 Å². The molecule has 1 N–H and O–H groups in total. The van der Waals surface area contributed by atoms with Crippen molar-refractivity contribution in [2.75, 3.05) is 18.6 Å². The van der Waals surface area contributed by atoms with Gasteiger partial charge in [0.2, 0.25) is 5.91 Å². The molecule has 9 nitrogen and oxygen atoms in total. The Bertz CT molecular complexity index is 1340. The van der Waals surface area contributed by atoms with Gasteiger partial charge >= 0.3 is 5.97 Å². The zero-order chi connectivity index (χ0) is 26.5. The maximum Gasteiger partial charge on any atom is 0.335 e. The molecular weight excluding hydrogens is 474 g/mol. The number of hydrogen-bond acceptors (Lipinski definition) is 6. The number of ether oxygens (including phenoxy) is 1. The maximum atomic E-state index is 13.7. The van der Waals surface area contributed by atoms with E-state index in [4.69, 9.17) is 4.74 Å². The molecule has 3 aromatic carbocycles. The Kier molecular flexibility index (Phi) is 7.52. The van der Waals surface area contributed by atoms with Gasteiger partial charge in [0.15, 0.2) is 0 Å². The first kappa shape index (κ1) is 25.4. The molecule has 1 amide bonds. The van der Waals surface area contributed by atoms with Gasteiger partial charge in [-0.25, -0.2) is 4.79 Å². The average molecular weight is 502 g/mol. The number of anilines is 1. The summed E-state index contributed by atoms with van der Waals surface area (Å²) in [6.07, 6.45) is 4.20. The maximum absolute atomic E-state index is 13.7. The highest BCUT2D eigenvalue weighted by molar-refractivity contribution is 5.92. The van der Waals surface area contributed by atoms with E-state index in [0.717, 1.165) is 28.5 Å². The van der Waals surface area contributed by atoms with Crippen molar-refractivity contribution in [2.24, 2.45) is 0 Å². The molecule has 37 heavy (non-hydrogen) atoms. The molecule has 0 radical (unpaired) electrons. The van der Waals surface area contributed by atoms with Crippen LogP contribution in [0.2, 0.25) is 0 Å². The normalized spacial score (nSPS) is 15.1. The quantitative estimate of drug-likeness (QED) is 0.337. The molecular formula is C28H27N3O6. The van der Waals surface area contributed by atoms with E-state index in [-0.39, 0.29) is 22.8 Å². The van der Waals surface area contributed by atoms with Gasteiger partial charge in [-0.05, 0) is 48.7 Å². The first-order chi connectivity index (χ1) is 17.8. The van der Waals surface area contributed by atoms with E-state index in [1.165, 1.54) is 12.1 Å². The van der Waals surface area contributed by atoms with Crippen LogP contribution in [-0.2, 0) is 17.6 Å². The van der Waals surface area contributed by atoms with Gasteiger partial charge in [0.05, 0.1) is 17.6 Å². The van der Waals surface area contributed by atoms with Crippen LogP contribution in [0.5, 0.6) is 5.75 Å². The van der Waals surface area contributed by atoms with Crippen molar-refractivity contribution in [3.05, 3.63) is 111 Å². The lowest BCUT2D eigenvalue weighted by Gasteiger charge is -2.37. The van der Waals surface area contributed by atoms with Crippen molar-refractivity contribution in [3.8, 4) is 5.75 Å². The summed E-state index contributed by atoms with van der Waals surface area (Å²) in [6.45, 7) is 2.40. The number of aromatic carboxylic acids is 1. The van der Waals surface area contributed by atoms with E-state index >= 15 is 0 Å². The van der Waals surface area contributed by atoms with Crippen molar-refractivity contribution in [1.82, 2.24) is 4.90 Å². The topological polar surface area (TPSA) is 113 Å². The van der Waals surface area contributed by atoms with Crippen molar-refractivity contribution in [3.63, 3.8) is 0 Å². The van der Waals surface area contributed by atoms with Crippen LogP contribution in [0, 0.1) is 17.0 Å². The van der Waals surface area contributed by atoms with Crippen LogP contribution < -0.4 is 9.64 Å². The fourth-order valence-electron chi connectivity index (χ4n) is 4.27. The predicted molar refractivity (Wildman–Crippen MR) is 139 cm³/mol. The highest BCUT2D eigenvalue weighted by Gasteiger charge is 2.35. The van der Waals surface area contributed by atoms with E-state index in [1.807, 2.05) is 55.5 Å². The number of methoxy groups -OCH3 is 1. The Hall–Kier alpha value is -4.66. The van der Waals surface area contributed by atoms with Gasteiger partial charge in [-0.2, -0.15) is 0 Å². The molecule has 9 heteroatoms. The molecule has 0 saturated heterocycles. The minimum Gasteiger partial charge on any atom is -0.497 e. The summed E-state index contributed by atoms with van der Waals surface area (Å²) in [7, 11) is 1.60. The second-order valence-electron chi connectivity index (χ2n) is 8.81. The van der Waals surface area contributed by atoms with Crippen LogP contribution in [-0.4, -0.2) is 46.5 Å². The molecule has 0 aromatic heterocycles. The van der Waals surface area contributed by atoms with Crippen molar-refractivity contribution >= 4 is 23.3 Å². The lowest BCUT2D eigenvalue weighted by atomic mass is 9.99. The summed E-state index contributed by atoms with van der Waals surface area (Å²) in [6, 6.07) is 18.4. The molecule has 0 aliphatic carbocycles. The summed E-state index contributed by atoms with van der Waals surface area (Å²) in [5.41, 5.74) is 2.61. The van der Waals surface area contributed by atoms with Crippen LogP contribution in [0.25, 0.3) is 0 Å². The smallest absolute Gasteiger partial charge is 0.335 e. The number of carboxylic acids is 1. The number of carbonyl (C=O) groups is 2. The molecule has 1 aliphatic heterocycles. The van der Waals surface area contributed by atoms with Crippen molar-refractivity contribution in [1.29, 1.82) is 0 Å². The van der Waals surface area contributed by atoms with Gasteiger partial charge in [-0.15, -0.1) is 0 Å². The summed E-state index contributed by atoms with van der Waals surface area (Å²) >= 11 is 0. The molecule has 0 saturated carbocycles. The van der Waals surface area contributed by atoms with Gasteiger partial charge < -0.3 is 19.6 Å². The highest BCUT2D eigenvalue weighted by atomic mass is 16.6. The summed E-state index contributed by atoms with van der Waals surface area (Å²) in [4.78, 5) is 39.5. The summed E-state index contributed by atoms with van der Waals surface area (Å²) < 4.78 is 5.20. The van der Waals surface area contributed by atoms with Crippen molar-refractivity contribution < 1.29 is 24.4 Å². The minimum atomic E-state index is -1.26. The Morgan fingerprint density at radius 2 is 1.70 bits per heavy atom. The second kappa shape index (κ2) is 10.9. The van der Waals surface area contributed by atoms with Crippen LogP contribution >= 0.6 is 0 Å². The zero-order valence-corrected chi connectivity index (χ0v) is 20.5. The fourth-order valence-corrected chi connectivity index (χ4v) is 4.27. The largest absolute Gasteiger partial charge is 0.497 e. The molecule has 0 fully saturated rings. The number of carbonyl (C=O) groups excluding carboxylic acids is 1. The number of benzene rings is 3. The Labute approximate surface area is 214 Å². The second-order valence-corrected chi connectivity index (χ2v) is 8.81. The molecule has 4 rings (SSSR count). The minimum absolute atomic E-state index is 0.159. The van der Waals surface area contributed by atoms with Gasteiger partial charge in [0, 0.05) is 31.4 Å². The number of nitrogens with zero attached hydrogens (tertiary/aromatic N) is 3. The first-order valence-electron chi connectivity index (χ1n) is 11.7. The number of aryl methyl sites for hydroxylation is 1. The van der Waals surface area contributed by atoms with Crippen LogP contribution in [0.3, 0.4) is 0 Å². The number of nitro benzene ring substituents is 1. The monoisotopic (exact) mass is 501 g/mol. The number of amides is 1. The van der Waals surface area contributed by atoms with Crippen LogP contribution in [0.15, 0.2) is 79.1 Å². The first-order valence-corrected chi connectivity index (χ1v) is 11.7. The summed E-state index contributed by atoms with van der Waals surface area (Å²) in [5, 5.41) is 21.2. The molecule has 1 heterocycles. The molecule has 3 aromatic rings. The number of nitro groups is 1. The van der Waals surface area contributed by atoms with Gasteiger partial charge in [0.25, 0.3) is 5.69 Å². The molecule has 190 valence electrons. The SMILES string of the molecule is COc1ccc(CCN2C=CN(c3ccc(C(=O)O)cc3[N+](=O)[O-])[C@@H](Cc3ccc(C)cc3)C2=O)cc1. The highest BCUT2D eigenvalue weighted by Crippen LogP contribution is 2.34. The van der Waals surface area contributed by atoms with E-state index in [1.54, 1.807) is 29.3 Å². The third-order valence-corrected chi connectivity index (χ3v) is 6.36. The molecule has 0 bridgehead atoms. The third-order valence-electron chi connectivity index (χ3n) is 6.36. The van der Waals surface area contributed by atoms with E-state index in [2.05, 4.69) is 0 Å². The molecule has 0 unspecified atom stereocenters. The van der Waals surface area contributed by atoms with Crippen molar-refractivity contribution in [2.45, 2.75) is 25.8 Å². The molecule has 0 spiro atoms. The fraction of sp³-hybridized carbons (Fsp3) is 0.214. The van der Waals surface area contributed by atoms with Crippen LogP contribution in [0.1, 0.15) is 27.0 Å². The van der Waals surface area contributed by atoms with E-state index in [0.29, 0.717) is 19.4 Å².